The summed E-state index contributed by atoms with van der Waals surface area (Å²) in [5.41, 5.74) is 0. The predicted molar refractivity (Wildman–Crippen MR) is 43.7 cm³/mol. The van der Waals surface area contributed by atoms with Crippen LogP contribution in [0.5, 0.6) is 0 Å². The van der Waals surface area contributed by atoms with Gasteiger partial charge in [-0.1, -0.05) is 13.8 Å². The molecule has 62 valence electrons. The van der Waals surface area contributed by atoms with Crippen LogP contribution >= 0.6 is 0 Å². The monoisotopic (exact) mass is 146 g/mol. The molecule has 0 aliphatic rings. The third kappa shape index (κ3) is 2.67. The number of nitrogens with zero attached hydrogens (tertiary/aromatic N) is 1. The van der Waals surface area contributed by atoms with Crippen LogP contribution in [-0.4, -0.2) is 43.4 Å². The third-order valence-corrected chi connectivity index (χ3v) is 1.95. The highest BCUT2D eigenvalue weighted by molar-refractivity contribution is 4.59. The third-order valence-electron chi connectivity index (χ3n) is 1.95. The van der Waals surface area contributed by atoms with Gasteiger partial charge in [-0.25, -0.2) is 0 Å². The van der Waals surface area contributed by atoms with Crippen LogP contribution in [0.3, 0.4) is 0 Å². The van der Waals surface area contributed by atoms with Crippen LogP contribution in [0.2, 0.25) is 0 Å². The average Bonchev–Trinajstić information content (AvgIpc) is 1.60. The molecule has 0 fully saturated rings. The van der Waals surface area contributed by atoms with Crippen LogP contribution in [0.15, 0.2) is 0 Å². The minimum absolute atomic E-state index is 0.279. The Bertz CT molecular complexity index is 93.9. The van der Waals surface area contributed by atoms with E-state index in [0.29, 0.717) is 12.0 Å². The first-order valence-electron chi connectivity index (χ1n) is 3.81. The Kier molecular flexibility index (Phi) is 3.33. The van der Waals surface area contributed by atoms with Crippen molar-refractivity contribution in [1.29, 1.82) is 0 Å². The summed E-state index contributed by atoms with van der Waals surface area (Å²) in [6, 6.07) is 0.361. The Morgan fingerprint density at radius 1 is 1.20 bits per heavy atom. The molecule has 0 rings (SSSR count). The van der Waals surface area contributed by atoms with Crippen molar-refractivity contribution in [3.05, 3.63) is 0 Å². The number of likely N-dealkylation sites (N-methyl/N-ethyl adjacent to an activating group) is 1. The predicted octanol–water partition coefficient (Wildman–Crippen LogP) is 0.710. The molecule has 0 aromatic heterocycles. The summed E-state index contributed by atoms with van der Waals surface area (Å²) in [4.78, 5) is 0. The zero-order valence-corrected chi connectivity index (χ0v) is 7.76. The van der Waals surface area contributed by atoms with Crippen molar-refractivity contribution in [2.45, 2.75) is 19.9 Å². The second-order valence-corrected chi connectivity index (χ2v) is 4.11. The Labute approximate surface area is 64.1 Å². The molecule has 0 saturated heterocycles. The molecule has 0 aliphatic carbocycles. The topological polar surface area (TPSA) is 20.2 Å². The second kappa shape index (κ2) is 3.35. The maximum absolute atomic E-state index is 9.02. The Morgan fingerprint density at radius 2 is 1.60 bits per heavy atom. The maximum Gasteiger partial charge on any atom is 0.114 e. The zero-order valence-electron chi connectivity index (χ0n) is 7.76. The summed E-state index contributed by atoms with van der Waals surface area (Å²) in [6.07, 6.45) is 0. The first-order chi connectivity index (χ1) is 4.39. The fourth-order valence-corrected chi connectivity index (χ4v) is 1.35. The van der Waals surface area contributed by atoms with E-state index in [-0.39, 0.29) is 6.61 Å². The smallest absolute Gasteiger partial charge is 0.114 e. The van der Waals surface area contributed by atoms with Crippen molar-refractivity contribution in [2.24, 2.45) is 5.92 Å². The van der Waals surface area contributed by atoms with Crippen LogP contribution in [0.1, 0.15) is 13.8 Å². The molecule has 2 heteroatoms. The molecule has 0 saturated carbocycles. The van der Waals surface area contributed by atoms with Gasteiger partial charge in [-0.2, -0.15) is 0 Å². The highest BCUT2D eigenvalue weighted by Crippen LogP contribution is 2.11. The SMILES string of the molecule is CC(C)[C@@H](CO)[N+](C)(C)C. The van der Waals surface area contributed by atoms with Crippen molar-refractivity contribution in [3.8, 4) is 0 Å². The lowest BCUT2D eigenvalue weighted by Crippen LogP contribution is -2.50. The number of aliphatic hydroxyl groups excluding tert-OH is 1. The summed E-state index contributed by atoms with van der Waals surface area (Å²) >= 11 is 0. The van der Waals surface area contributed by atoms with Crippen molar-refractivity contribution >= 4 is 0 Å². The van der Waals surface area contributed by atoms with Crippen molar-refractivity contribution in [3.63, 3.8) is 0 Å². The van der Waals surface area contributed by atoms with Gasteiger partial charge in [0.1, 0.15) is 6.04 Å². The largest absolute Gasteiger partial charge is 0.390 e. The van der Waals surface area contributed by atoms with Gasteiger partial charge in [-0.15, -0.1) is 0 Å². The zero-order chi connectivity index (χ0) is 8.36. The maximum atomic E-state index is 9.02. The summed E-state index contributed by atoms with van der Waals surface area (Å²) in [5.74, 6) is 0.546. The summed E-state index contributed by atoms with van der Waals surface area (Å²) in [6.45, 7) is 4.57. The Morgan fingerprint density at radius 3 is 1.60 bits per heavy atom. The van der Waals surface area contributed by atoms with E-state index in [1.165, 1.54) is 0 Å². The number of aliphatic hydroxyl groups is 1. The molecule has 0 amide bonds. The highest BCUT2D eigenvalue weighted by atomic mass is 16.3. The van der Waals surface area contributed by atoms with Crippen LogP contribution in [0.4, 0.5) is 0 Å². The lowest BCUT2D eigenvalue weighted by molar-refractivity contribution is -0.900. The Balaban J connectivity index is 4.07. The molecular weight excluding hydrogens is 126 g/mol. The number of hydrogen-bond donors (Lipinski definition) is 1. The van der Waals surface area contributed by atoms with E-state index in [4.69, 9.17) is 5.11 Å². The van der Waals surface area contributed by atoms with E-state index in [9.17, 15) is 0 Å². The van der Waals surface area contributed by atoms with Gasteiger partial charge < -0.3 is 9.59 Å². The molecule has 0 radical (unpaired) electrons. The lowest BCUT2D eigenvalue weighted by Gasteiger charge is -2.35. The molecule has 0 aromatic carbocycles. The summed E-state index contributed by atoms with van der Waals surface area (Å²) < 4.78 is 0.841. The fraction of sp³-hybridized carbons (Fsp3) is 1.00. The van der Waals surface area contributed by atoms with Crippen molar-refractivity contribution in [1.82, 2.24) is 0 Å². The van der Waals surface area contributed by atoms with E-state index < -0.39 is 0 Å². The van der Waals surface area contributed by atoms with E-state index in [1.807, 2.05) is 0 Å². The molecule has 0 spiro atoms. The molecule has 2 nitrogen and oxygen atoms in total. The molecule has 1 atom stereocenters. The van der Waals surface area contributed by atoms with Crippen LogP contribution in [-0.2, 0) is 0 Å². The second-order valence-electron chi connectivity index (χ2n) is 4.11. The molecule has 0 aromatic rings. The highest BCUT2D eigenvalue weighted by Gasteiger charge is 2.25. The Hall–Kier alpha value is -0.0800. The van der Waals surface area contributed by atoms with Gasteiger partial charge in [-0.05, 0) is 0 Å². The van der Waals surface area contributed by atoms with Gasteiger partial charge in [0.2, 0.25) is 0 Å². The molecule has 0 aliphatic heterocycles. The minimum atomic E-state index is 0.279. The molecule has 0 unspecified atom stereocenters. The molecule has 0 bridgehead atoms. The number of hydrogen-bond acceptors (Lipinski definition) is 1. The number of quaternary nitrogens is 1. The standard InChI is InChI=1S/C8H20NO/c1-7(2)8(6-10)9(3,4)5/h7-8,10H,6H2,1-5H3/q+1/t8-/m1/s1. The molecular formula is C8H20NO+. The fourth-order valence-electron chi connectivity index (χ4n) is 1.35. The van der Waals surface area contributed by atoms with E-state index in [1.54, 1.807) is 0 Å². The molecule has 0 heterocycles. The van der Waals surface area contributed by atoms with Crippen LogP contribution < -0.4 is 0 Å². The lowest BCUT2D eigenvalue weighted by atomic mass is 10.0. The van der Waals surface area contributed by atoms with Crippen molar-refractivity contribution in [2.75, 3.05) is 27.7 Å². The van der Waals surface area contributed by atoms with Crippen LogP contribution in [0.25, 0.3) is 0 Å². The van der Waals surface area contributed by atoms with E-state index in [0.717, 1.165) is 4.48 Å². The molecule has 1 N–H and O–H groups in total. The first-order valence-corrected chi connectivity index (χ1v) is 3.81. The summed E-state index contributed by atoms with van der Waals surface area (Å²) in [7, 11) is 6.34. The van der Waals surface area contributed by atoms with Gasteiger partial charge >= 0.3 is 0 Å². The van der Waals surface area contributed by atoms with E-state index in [2.05, 4.69) is 35.0 Å². The minimum Gasteiger partial charge on any atom is -0.390 e. The van der Waals surface area contributed by atoms with E-state index >= 15 is 0 Å². The van der Waals surface area contributed by atoms with Gasteiger partial charge in [0.05, 0.1) is 27.7 Å². The van der Waals surface area contributed by atoms with Gasteiger partial charge in [0.15, 0.2) is 0 Å². The van der Waals surface area contributed by atoms with Gasteiger partial charge in [-0.3, -0.25) is 0 Å². The average molecular weight is 146 g/mol. The van der Waals surface area contributed by atoms with Gasteiger partial charge in [0.25, 0.3) is 0 Å². The normalized spacial score (nSPS) is 15.9. The van der Waals surface area contributed by atoms with Crippen molar-refractivity contribution < 1.29 is 9.59 Å². The summed E-state index contributed by atoms with van der Waals surface area (Å²) in [5, 5.41) is 9.02. The number of rotatable bonds is 3. The van der Waals surface area contributed by atoms with Gasteiger partial charge in [0, 0.05) is 5.92 Å². The quantitative estimate of drug-likeness (QED) is 0.581. The van der Waals surface area contributed by atoms with Crippen LogP contribution in [0, 0.1) is 5.92 Å². The molecule has 10 heavy (non-hydrogen) atoms. The first kappa shape index (κ1) is 9.92.